The van der Waals surface area contributed by atoms with Crippen LogP contribution in [0, 0.1) is 5.92 Å². The molecule has 10 heteroatoms. The topological polar surface area (TPSA) is 76.5 Å². The van der Waals surface area contributed by atoms with Crippen LogP contribution in [0.4, 0.5) is 13.2 Å². The molecule has 1 saturated heterocycles. The first-order valence-corrected chi connectivity index (χ1v) is 9.86. The van der Waals surface area contributed by atoms with Gasteiger partial charge in [0.25, 0.3) is 12.5 Å². The zero-order valence-electron chi connectivity index (χ0n) is 16.8. The molecular weight excluding hydrogens is 401 g/mol. The number of piperidine rings is 1. The van der Waals surface area contributed by atoms with Crippen molar-refractivity contribution in [3.05, 3.63) is 41.6 Å². The highest BCUT2D eigenvalue weighted by Gasteiger charge is 2.30. The fourth-order valence-corrected chi connectivity index (χ4v) is 3.67. The standard InChI is InChI=1S/C20H25F3N4O3/c1-25(18(28)13-27-14-19(29)30-24-27)12-16-6-9-26(10-7-16)8-5-15-3-2-4-17(11-15)20(21,22)23/h2-4,11,14,16H,5-10,12-13H2,1H3. The average molecular weight is 426 g/mol. The second-order valence-corrected chi connectivity index (χ2v) is 7.73. The predicted molar refractivity (Wildman–Crippen MR) is 98.1 cm³/mol. The molecule has 0 aliphatic carbocycles. The van der Waals surface area contributed by atoms with Gasteiger partial charge in [-0.25, -0.2) is 0 Å². The van der Waals surface area contributed by atoms with E-state index >= 15 is 0 Å². The first-order chi connectivity index (χ1) is 14.2. The Morgan fingerprint density at radius 1 is 1.37 bits per heavy atom. The predicted octanol–water partition coefficient (Wildman–Crippen LogP) is 1.47. The normalized spacial score (nSPS) is 16.0. The molecule has 3 rings (SSSR count). The van der Waals surface area contributed by atoms with Crippen molar-refractivity contribution < 1.29 is 32.3 Å². The van der Waals surface area contributed by atoms with Crippen LogP contribution in [0.1, 0.15) is 24.0 Å². The number of rotatable bonds is 7. The molecule has 0 spiro atoms. The number of carbonyl (C=O) groups excluding carboxylic acids is 1. The van der Waals surface area contributed by atoms with E-state index in [1.54, 1.807) is 18.0 Å². The molecule has 30 heavy (non-hydrogen) atoms. The summed E-state index contributed by atoms with van der Waals surface area (Å²) < 4.78 is 44.1. The van der Waals surface area contributed by atoms with Crippen molar-refractivity contribution in [1.29, 1.82) is 0 Å². The Morgan fingerprint density at radius 2 is 2.10 bits per heavy atom. The van der Waals surface area contributed by atoms with Crippen LogP contribution >= 0.6 is 0 Å². The number of halogens is 3. The third kappa shape index (κ3) is 6.19. The molecule has 1 fully saturated rings. The summed E-state index contributed by atoms with van der Waals surface area (Å²) in [5.74, 6) is -0.385. The molecule has 1 aliphatic rings. The summed E-state index contributed by atoms with van der Waals surface area (Å²) >= 11 is 0. The Hall–Kier alpha value is -2.62. The molecular formula is C20H25F3N4O3. The van der Waals surface area contributed by atoms with Gasteiger partial charge in [-0.2, -0.15) is 13.2 Å². The number of likely N-dealkylation sites (N-methyl/N-ethyl adjacent to an activating group) is 1. The molecule has 1 aromatic heterocycles. The summed E-state index contributed by atoms with van der Waals surface area (Å²) in [4.78, 5) is 16.1. The molecule has 0 N–H and O–H groups in total. The number of alkyl halides is 3. The van der Waals surface area contributed by atoms with Crippen molar-refractivity contribution >= 4 is 5.91 Å². The number of hydrogen-bond donors (Lipinski definition) is 0. The summed E-state index contributed by atoms with van der Waals surface area (Å²) in [7, 11) is 1.72. The zero-order valence-corrected chi connectivity index (χ0v) is 16.8. The van der Waals surface area contributed by atoms with E-state index in [0.717, 1.165) is 38.2 Å². The van der Waals surface area contributed by atoms with E-state index in [-0.39, 0.29) is 12.5 Å². The highest BCUT2D eigenvalue weighted by atomic mass is 19.4. The van der Waals surface area contributed by atoms with Crippen LogP contribution in [-0.4, -0.2) is 54.2 Å². The van der Waals surface area contributed by atoms with Gasteiger partial charge < -0.3 is 19.4 Å². The molecule has 1 amide bonds. The van der Waals surface area contributed by atoms with E-state index in [2.05, 4.69) is 14.7 Å². The van der Waals surface area contributed by atoms with Gasteiger partial charge in [-0.05, 0) is 49.9 Å². The summed E-state index contributed by atoms with van der Waals surface area (Å²) in [5.41, 5.74) is 0.0746. The van der Waals surface area contributed by atoms with E-state index in [1.807, 2.05) is 0 Å². The largest absolute Gasteiger partial charge is 0.539 e. The molecule has 0 saturated carbocycles. The second kappa shape index (κ2) is 9.46. The first kappa shape index (κ1) is 22.1. The van der Waals surface area contributed by atoms with Crippen molar-refractivity contribution in [3.63, 3.8) is 0 Å². The molecule has 2 heterocycles. The Kier molecular flexibility index (Phi) is 6.96. The maximum absolute atomic E-state index is 12.8. The molecule has 1 aliphatic heterocycles. The average Bonchev–Trinajstić information content (AvgIpc) is 3.11. The van der Waals surface area contributed by atoms with Crippen LogP contribution in [0.15, 0.2) is 35.0 Å². The van der Waals surface area contributed by atoms with Gasteiger partial charge in [0.05, 0.1) is 10.8 Å². The van der Waals surface area contributed by atoms with E-state index < -0.39 is 17.7 Å². The molecule has 0 unspecified atom stereocenters. The number of amides is 1. The van der Waals surface area contributed by atoms with Crippen LogP contribution in [0.25, 0.3) is 0 Å². The minimum absolute atomic E-state index is 0.0436. The smallest absolute Gasteiger partial charge is 0.416 e. The van der Waals surface area contributed by atoms with Crippen molar-refractivity contribution in [1.82, 2.24) is 15.1 Å². The lowest BCUT2D eigenvalue weighted by Crippen LogP contribution is -2.46. The summed E-state index contributed by atoms with van der Waals surface area (Å²) in [6.07, 6.45) is -0.774. The third-order valence-electron chi connectivity index (χ3n) is 5.42. The lowest BCUT2D eigenvalue weighted by molar-refractivity contribution is -0.751. The minimum Gasteiger partial charge on any atom is -0.539 e. The summed E-state index contributed by atoms with van der Waals surface area (Å²) in [6.45, 7) is 2.98. The quantitative estimate of drug-likeness (QED) is 0.627. The molecule has 0 atom stereocenters. The number of nitrogens with zero attached hydrogens (tertiary/aromatic N) is 4. The van der Waals surface area contributed by atoms with Crippen molar-refractivity contribution in [3.8, 4) is 5.95 Å². The Labute approximate surface area is 172 Å². The van der Waals surface area contributed by atoms with Gasteiger partial charge in [-0.3, -0.25) is 4.79 Å². The molecule has 164 valence electrons. The maximum Gasteiger partial charge on any atom is 0.416 e. The van der Waals surface area contributed by atoms with Gasteiger partial charge in [-0.15, -0.1) is 0 Å². The van der Waals surface area contributed by atoms with Crippen molar-refractivity contribution in [2.75, 3.05) is 33.2 Å². The van der Waals surface area contributed by atoms with Crippen LogP contribution < -0.4 is 9.79 Å². The molecule has 1 aromatic carbocycles. The zero-order chi connectivity index (χ0) is 21.7. The van der Waals surface area contributed by atoms with Crippen LogP contribution in [0.2, 0.25) is 0 Å². The first-order valence-electron chi connectivity index (χ1n) is 9.86. The fraction of sp³-hybridized carbons (Fsp3) is 0.550. The fourth-order valence-electron chi connectivity index (χ4n) is 3.67. The summed E-state index contributed by atoms with van der Waals surface area (Å²) in [5, 5.41) is 14.4. The summed E-state index contributed by atoms with van der Waals surface area (Å²) in [6, 6.07) is 5.49. The number of benzene rings is 1. The van der Waals surface area contributed by atoms with Crippen LogP contribution in [-0.2, 0) is 23.9 Å². The number of carbonyl (C=O) groups is 1. The Balaban J connectivity index is 1.40. The Morgan fingerprint density at radius 3 is 2.73 bits per heavy atom. The van der Waals surface area contributed by atoms with E-state index in [9.17, 15) is 23.1 Å². The molecule has 0 radical (unpaired) electrons. The third-order valence-corrected chi connectivity index (χ3v) is 5.42. The second-order valence-electron chi connectivity index (χ2n) is 7.73. The lowest BCUT2D eigenvalue weighted by atomic mass is 9.96. The highest BCUT2D eigenvalue weighted by Crippen LogP contribution is 2.29. The van der Waals surface area contributed by atoms with Crippen LogP contribution in [0.5, 0.6) is 5.95 Å². The van der Waals surface area contributed by atoms with Crippen molar-refractivity contribution in [2.24, 2.45) is 5.92 Å². The maximum atomic E-state index is 12.8. The van der Waals surface area contributed by atoms with Gasteiger partial charge in [0.1, 0.15) is 5.95 Å². The molecule has 2 aromatic rings. The highest BCUT2D eigenvalue weighted by molar-refractivity contribution is 5.74. The van der Waals surface area contributed by atoms with Gasteiger partial charge >= 0.3 is 6.18 Å². The van der Waals surface area contributed by atoms with E-state index in [0.29, 0.717) is 31.0 Å². The molecule has 7 nitrogen and oxygen atoms in total. The SMILES string of the molecule is CN(CC1CCN(CCc2cccc(C(F)(F)F)c2)CC1)C(=O)C[n+]1cc([O-])on1. The lowest BCUT2D eigenvalue weighted by Gasteiger charge is -2.33. The van der Waals surface area contributed by atoms with Crippen molar-refractivity contribution in [2.45, 2.75) is 32.0 Å². The van der Waals surface area contributed by atoms with Gasteiger partial charge in [0, 0.05) is 20.1 Å². The van der Waals surface area contributed by atoms with Crippen LogP contribution in [0.3, 0.4) is 0 Å². The van der Waals surface area contributed by atoms with Gasteiger partial charge in [-0.1, -0.05) is 22.9 Å². The van der Waals surface area contributed by atoms with E-state index in [1.165, 1.54) is 16.8 Å². The number of aromatic nitrogens is 2. The number of likely N-dealkylation sites (tertiary alicyclic amines) is 1. The number of hydrogen-bond acceptors (Lipinski definition) is 5. The van der Waals surface area contributed by atoms with Gasteiger partial charge in [0.2, 0.25) is 6.20 Å². The Bertz CT molecular complexity index is 848. The van der Waals surface area contributed by atoms with E-state index in [4.69, 9.17) is 0 Å². The minimum atomic E-state index is -4.32. The van der Waals surface area contributed by atoms with Gasteiger partial charge in [0.15, 0.2) is 0 Å². The monoisotopic (exact) mass is 426 g/mol. The molecule has 0 bridgehead atoms.